The molecule has 0 unspecified atom stereocenters. The van der Waals surface area contributed by atoms with E-state index in [1.807, 2.05) is 31.2 Å². The highest BCUT2D eigenvalue weighted by molar-refractivity contribution is 6.30. The number of nitrogens with zero attached hydrogens (tertiary/aromatic N) is 2. The second-order valence-corrected chi connectivity index (χ2v) is 4.69. The van der Waals surface area contributed by atoms with Crippen molar-refractivity contribution in [2.24, 2.45) is 0 Å². The standard InChI is InChI=1S/C14H10ClN3O.ClH/c1-8-2-7-11-12(9-3-5-10(15)6-4-9)17-18-14(19)13(11)16-8;/h2-7H,1H3,(H,18,19);1H. The molecule has 0 spiro atoms. The summed E-state index contributed by atoms with van der Waals surface area (Å²) in [6.07, 6.45) is 0. The number of nitrogens with one attached hydrogen (secondary N) is 1. The van der Waals surface area contributed by atoms with Crippen LogP contribution in [-0.2, 0) is 0 Å². The van der Waals surface area contributed by atoms with Gasteiger partial charge in [-0.2, -0.15) is 5.10 Å². The van der Waals surface area contributed by atoms with Gasteiger partial charge in [0, 0.05) is 21.7 Å². The smallest absolute Gasteiger partial charge is 0.266 e. The number of aromatic amines is 1. The molecule has 2 heterocycles. The molecule has 0 aliphatic heterocycles. The van der Waals surface area contributed by atoms with Crippen LogP contribution in [0, 0.1) is 6.92 Å². The molecule has 20 heavy (non-hydrogen) atoms. The van der Waals surface area contributed by atoms with E-state index in [9.17, 15) is 4.79 Å². The fraction of sp³-hybridized carbons (Fsp3) is 0.0714. The normalized spacial score (nSPS) is 10.3. The van der Waals surface area contributed by atoms with Gasteiger partial charge in [-0.15, -0.1) is 12.4 Å². The van der Waals surface area contributed by atoms with Crippen molar-refractivity contribution in [1.82, 2.24) is 15.2 Å². The summed E-state index contributed by atoms with van der Waals surface area (Å²) in [7, 11) is 0. The van der Waals surface area contributed by atoms with E-state index in [-0.39, 0.29) is 18.0 Å². The van der Waals surface area contributed by atoms with Gasteiger partial charge in [0.05, 0.1) is 0 Å². The van der Waals surface area contributed by atoms with Gasteiger partial charge >= 0.3 is 0 Å². The first kappa shape index (κ1) is 14.5. The van der Waals surface area contributed by atoms with Crippen LogP contribution in [0.25, 0.3) is 22.2 Å². The first-order valence-corrected chi connectivity index (χ1v) is 6.15. The van der Waals surface area contributed by atoms with Crippen LogP contribution in [0.5, 0.6) is 0 Å². The van der Waals surface area contributed by atoms with Gasteiger partial charge in [-0.25, -0.2) is 10.1 Å². The average molecular weight is 308 g/mol. The van der Waals surface area contributed by atoms with Crippen LogP contribution in [0.1, 0.15) is 5.69 Å². The Morgan fingerprint density at radius 3 is 2.50 bits per heavy atom. The van der Waals surface area contributed by atoms with E-state index in [2.05, 4.69) is 15.2 Å². The van der Waals surface area contributed by atoms with E-state index in [0.717, 1.165) is 16.6 Å². The molecule has 3 rings (SSSR count). The van der Waals surface area contributed by atoms with Crippen LogP contribution in [0.2, 0.25) is 5.02 Å². The Bertz CT molecular complexity index is 813. The third kappa shape index (κ3) is 2.53. The molecule has 0 atom stereocenters. The number of pyridine rings is 1. The third-order valence-corrected chi connectivity index (χ3v) is 3.14. The number of benzene rings is 1. The lowest BCUT2D eigenvalue weighted by atomic mass is 10.1. The number of hydrogen-bond donors (Lipinski definition) is 1. The lowest BCUT2D eigenvalue weighted by molar-refractivity contribution is 1.01. The van der Waals surface area contributed by atoms with E-state index < -0.39 is 0 Å². The number of fused-ring (bicyclic) bond motifs is 1. The van der Waals surface area contributed by atoms with Crippen molar-refractivity contribution in [2.45, 2.75) is 6.92 Å². The Hall–Kier alpha value is -1.91. The van der Waals surface area contributed by atoms with Gasteiger partial charge in [0.25, 0.3) is 5.56 Å². The minimum absolute atomic E-state index is 0. The van der Waals surface area contributed by atoms with E-state index in [0.29, 0.717) is 16.2 Å². The predicted molar refractivity (Wildman–Crippen MR) is 82.6 cm³/mol. The molecule has 0 saturated heterocycles. The minimum Gasteiger partial charge on any atom is -0.266 e. The van der Waals surface area contributed by atoms with Crippen LogP contribution >= 0.6 is 24.0 Å². The van der Waals surface area contributed by atoms with E-state index in [1.165, 1.54) is 0 Å². The summed E-state index contributed by atoms with van der Waals surface area (Å²) >= 11 is 5.87. The van der Waals surface area contributed by atoms with Gasteiger partial charge in [0.15, 0.2) is 0 Å². The summed E-state index contributed by atoms with van der Waals surface area (Å²) in [5.74, 6) is 0. The Labute approximate surface area is 126 Å². The summed E-state index contributed by atoms with van der Waals surface area (Å²) < 4.78 is 0. The molecule has 6 heteroatoms. The number of rotatable bonds is 1. The van der Waals surface area contributed by atoms with Crippen molar-refractivity contribution in [3.05, 3.63) is 57.5 Å². The zero-order valence-corrected chi connectivity index (χ0v) is 12.1. The van der Waals surface area contributed by atoms with Gasteiger partial charge in [-0.05, 0) is 31.2 Å². The molecule has 4 nitrogen and oxygen atoms in total. The van der Waals surface area contributed by atoms with Crippen molar-refractivity contribution in [1.29, 1.82) is 0 Å². The highest BCUT2D eigenvalue weighted by Crippen LogP contribution is 2.24. The molecular formula is C14H11Cl2N3O. The predicted octanol–water partition coefficient (Wildman–Crippen LogP) is 3.37. The second kappa shape index (κ2) is 5.61. The zero-order chi connectivity index (χ0) is 13.4. The molecule has 0 aliphatic carbocycles. The molecule has 2 aromatic heterocycles. The number of aryl methyl sites for hydroxylation is 1. The molecule has 3 aromatic rings. The lowest BCUT2D eigenvalue weighted by Gasteiger charge is -2.05. The Balaban J connectivity index is 0.00000147. The number of H-pyrrole nitrogens is 1. The number of hydrogen-bond acceptors (Lipinski definition) is 3. The van der Waals surface area contributed by atoms with Crippen molar-refractivity contribution in [3.8, 4) is 11.3 Å². The van der Waals surface area contributed by atoms with Gasteiger partial charge in [-0.3, -0.25) is 4.79 Å². The maximum atomic E-state index is 11.8. The van der Waals surface area contributed by atoms with Crippen LogP contribution in [-0.4, -0.2) is 15.2 Å². The maximum Gasteiger partial charge on any atom is 0.290 e. The molecular weight excluding hydrogens is 297 g/mol. The fourth-order valence-electron chi connectivity index (χ4n) is 1.97. The van der Waals surface area contributed by atoms with Crippen molar-refractivity contribution in [2.75, 3.05) is 0 Å². The van der Waals surface area contributed by atoms with Crippen LogP contribution in [0.4, 0.5) is 0 Å². The summed E-state index contributed by atoms with van der Waals surface area (Å²) in [5, 5.41) is 7.99. The molecule has 0 saturated carbocycles. The molecule has 1 aromatic carbocycles. The van der Waals surface area contributed by atoms with Crippen LogP contribution < -0.4 is 5.56 Å². The number of aromatic nitrogens is 3. The van der Waals surface area contributed by atoms with E-state index in [1.54, 1.807) is 12.1 Å². The minimum atomic E-state index is -0.281. The molecule has 0 fully saturated rings. The van der Waals surface area contributed by atoms with Crippen LogP contribution in [0.15, 0.2) is 41.2 Å². The molecule has 0 radical (unpaired) electrons. The summed E-state index contributed by atoms with van der Waals surface area (Å²) in [6, 6.07) is 11.0. The Morgan fingerprint density at radius 2 is 1.80 bits per heavy atom. The van der Waals surface area contributed by atoms with Crippen molar-refractivity contribution >= 4 is 34.9 Å². The van der Waals surface area contributed by atoms with Gasteiger partial charge in [-0.1, -0.05) is 23.7 Å². The van der Waals surface area contributed by atoms with Gasteiger partial charge in [0.1, 0.15) is 11.2 Å². The Kier molecular flexibility index (Phi) is 4.06. The highest BCUT2D eigenvalue weighted by atomic mass is 35.5. The fourth-order valence-corrected chi connectivity index (χ4v) is 2.09. The van der Waals surface area contributed by atoms with Gasteiger partial charge < -0.3 is 0 Å². The number of halogens is 2. The lowest BCUT2D eigenvalue weighted by Crippen LogP contribution is -2.11. The molecule has 0 amide bonds. The summed E-state index contributed by atoms with van der Waals surface area (Å²) in [6.45, 7) is 1.85. The van der Waals surface area contributed by atoms with Crippen molar-refractivity contribution in [3.63, 3.8) is 0 Å². The van der Waals surface area contributed by atoms with E-state index >= 15 is 0 Å². The first-order chi connectivity index (χ1) is 9.15. The zero-order valence-electron chi connectivity index (χ0n) is 10.6. The Morgan fingerprint density at radius 1 is 1.10 bits per heavy atom. The third-order valence-electron chi connectivity index (χ3n) is 2.89. The quantitative estimate of drug-likeness (QED) is 0.750. The molecule has 102 valence electrons. The molecule has 0 bridgehead atoms. The average Bonchev–Trinajstić information content (AvgIpc) is 2.41. The monoisotopic (exact) mass is 307 g/mol. The second-order valence-electron chi connectivity index (χ2n) is 4.26. The first-order valence-electron chi connectivity index (χ1n) is 5.77. The topological polar surface area (TPSA) is 58.6 Å². The maximum absolute atomic E-state index is 11.8. The molecule has 1 N–H and O–H groups in total. The summed E-state index contributed by atoms with van der Waals surface area (Å²) in [5.41, 5.74) is 2.50. The SMILES string of the molecule is Cc1ccc2c(-c3ccc(Cl)cc3)n[nH]c(=O)c2n1.Cl. The van der Waals surface area contributed by atoms with Crippen molar-refractivity contribution < 1.29 is 0 Å². The summed E-state index contributed by atoms with van der Waals surface area (Å²) in [4.78, 5) is 16.0. The largest absolute Gasteiger partial charge is 0.290 e. The van der Waals surface area contributed by atoms with Gasteiger partial charge in [0.2, 0.25) is 0 Å². The molecule has 0 aliphatic rings. The van der Waals surface area contributed by atoms with E-state index in [4.69, 9.17) is 11.6 Å². The van der Waals surface area contributed by atoms with Crippen LogP contribution in [0.3, 0.4) is 0 Å². The highest BCUT2D eigenvalue weighted by Gasteiger charge is 2.09.